The Balaban J connectivity index is 1.91. The number of nitrogens with two attached hydrogens (primary N) is 1. The molecule has 7 heteroatoms. The number of carbonyl (C=O) groups excluding carboxylic acids is 3. The van der Waals surface area contributed by atoms with E-state index in [0.29, 0.717) is 23.6 Å². The smallest absolute Gasteiger partial charge is 0.255 e. The summed E-state index contributed by atoms with van der Waals surface area (Å²) in [4.78, 5) is 40.8. The maximum atomic E-state index is 13.7. The molecule has 1 heterocycles. The van der Waals surface area contributed by atoms with Gasteiger partial charge in [-0.3, -0.25) is 14.4 Å². The van der Waals surface area contributed by atoms with Crippen molar-refractivity contribution in [3.8, 4) is 5.75 Å². The number of ketones is 2. The van der Waals surface area contributed by atoms with Gasteiger partial charge in [0.2, 0.25) is 0 Å². The molecule has 1 aromatic carbocycles. The lowest BCUT2D eigenvalue weighted by Gasteiger charge is -2.49. The number of Topliss-reactive ketones (excluding diaryl/α,β-unsaturated/α-hetero) is 2. The van der Waals surface area contributed by atoms with Crippen LogP contribution < -0.4 is 10.5 Å². The fraction of sp³-hybridized carbons (Fsp3) is 0.536. The van der Waals surface area contributed by atoms with E-state index in [0.717, 1.165) is 53.9 Å². The SMILES string of the molecule is CCCN1C2=C(C(=O)CC(C)(C)C2)C(c2ccc(OCC(N)=O)c(Cl)c2)C2=C1CC(C)(C)CC2=O. The van der Waals surface area contributed by atoms with Crippen molar-refractivity contribution in [2.75, 3.05) is 13.2 Å². The van der Waals surface area contributed by atoms with Gasteiger partial charge < -0.3 is 15.4 Å². The van der Waals surface area contributed by atoms with Crippen molar-refractivity contribution < 1.29 is 19.1 Å². The molecule has 4 rings (SSSR count). The van der Waals surface area contributed by atoms with Gasteiger partial charge in [0.15, 0.2) is 18.2 Å². The number of benzene rings is 1. The number of carbonyl (C=O) groups is 3. The first-order valence-electron chi connectivity index (χ1n) is 12.3. The molecule has 0 bridgehead atoms. The summed E-state index contributed by atoms with van der Waals surface area (Å²) in [6.07, 6.45) is 3.36. The van der Waals surface area contributed by atoms with Crippen LogP contribution in [0.3, 0.4) is 0 Å². The first kappa shape index (κ1) is 25.5. The van der Waals surface area contributed by atoms with Gasteiger partial charge in [-0.2, -0.15) is 0 Å². The van der Waals surface area contributed by atoms with E-state index in [4.69, 9.17) is 22.1 Å². The van der Waals surface area contributed by atoms with Crippen LogP contribution in [0.1, 0.15) is 78.2 Å². The summed E-state index contributed by atoms with van der Waals surface area (Å²) in [5, 5.41) is 0.316. The molecule has 0 fully saturated rings. The first-order valence-corrected chi connectivity index (χ1v) is 12.7. The number of halogens is 1. The van der Waals surface area contributed by atoms with Gasteiger partial charge in [-0.1, -0.05) is 52.3 Å². The highest BCUT2D eigenvalue weighted by molar-refractivity contribution is 6.32. The minimum atomic E-state index is -0.594. The van der Waals surface area contributed by atoms with Crippen molar-refractivity contribution in [1.29, 1.82) is 0 Å². The fourth-order valence-corrected chi connectivity index (χ4v) is 6.08. The standard InChI is InChI=1S/C28H35ClN2O4/c1-6-9-31-18-11-27(2,3)13-20(32)25(18)24(26-19(31)12-28(4,5)14-21(26)33)16-7-8-22(17(29)10-16)35-15-23(30)34/h7-8,10,24H,6,9,11-15H2,1-5H3,(H2,30,34). The average Bonchev–Trinajstić information content (AvgIpc) is 2.72. The number of primary amides is 1. The van der Waals surface area contributed by atoms with Gasteiger partial charge in [-0.05, 0) is 47.8 Å². The van der Waals surface area contributed by atoms with E-state index in [9.17, 15) is 14.4 Å². The zero-order valence-electron chi connectivity index (χ0n) is 21.3. The maximum Gasteiger partial charge on any atom is 0.255 e. The van der Waals surface area contributed by atoms with Crippen molar-refractivity contribution in [3.05, 3.63) is 51.3 Å². The highest BCUT2D eigenvalue weighted by Crippen LogP contribution is 2.54. The number of hydrogen-bond donors (Lipinski definition) is 1. The second kappa shape index (κ2) is 9.12. The number of ether oxygens (including phenoxy) is 1. The quantitative estimate of drug-likeness (QED) is 0.574. The average molecular weight is 499 g/mol. The lowest BCUT2D eigenvalue weighted by Crippen LogP contribution is -2.44. The van der Waals surface area contributed by atoms with E-state index in [1.807, 2.05) is 6.07 Å². The van der Waals surface area contributed by atoms with E-state index in [1.54, 1.807) is 12.1 Å². The molecule has 3 aliphatic rings. The second-order valence-corrected chi connectivity index (χ2v) is 12.0. The summed E-state index contributed by atoms with van der Waals surface area (Å²) in [6.45, 7) is 11.2. The Hall–Kier alpha value is -2.60. The number of amides is 1. The summed E-state index contributed by atoms with van der Waals surface area (Å²) in [5.41, 5.74) is 9.24. The minimum absolute atomic E-state index is 0.0942. The molecule has 2 N–H and O–H groups in total. The van der Waals surface area contributed by atoms with Crippen molar-refractivity contribution in [2.45, 2.75) is 72.6 Å². The van der Waals surface area contributed by atoms with Crippen LogP contribution in [0, 0.1) is 10.8 Å². The van der Waals surface area contributed by atoms with Crippen LogP contribution in [0.5, 0.6) is 5.75 Å². The summed E-state index contributed by atoms with van der Waals surface area (Å²) in [6, 6.07) is 5.29. The van der Waals surface area contributed by atoms with Gasteiger partial charge >= 0.3 is 0 Å². The van der Waals surface area contributed by atoms with E-state index >= 15 is 0 Å². The number of hydrogen-bond acceptors (Lipinski definition) is 5. The van der Waals surface area contributed by atoms with E-state index in [-0.39, 0.29) is 29.0 Å². The Morgan fingerprint density at radius 3 is 2.03 bits per heavy atom. The van der Waals surface area contributed by atoms with Crippen molar-refractivity contribution >= 4 is 29.1 Å². The molecule has 0 atom stereocenters. The molecule has 0 saturated heterocycles. The summed E-state index contributed by atoms with van der Waals surface area (Å²) in [5.74, 6) is -0.520. The molecule has 6 nitrogen and oxygen atoms in total. The molecule has 0 aromatic heterocycles. The van der Waals surface area contributed by atoms with Gasteiger partial charge in [-0.25, -0.2) is 0 Å². The van der Waals surface area contributed by atoms with Crippen LogP contribution in [0.25, 0.3) is 0 Å². The van der Waals surface area contributed by atoms with Crippen LogP contribution in [0.4, 0.5) is 0 Å². The Morgan fingerprint density at radius 1 is 1.03 bits per heavy atom. The molecule has 35 heavy (non-hydrogen) atoms. The van der Waals surface area contributed by atoms with Gasteiger partial charge in [0.05, 0.1) is 5.02 Å². The molecule has 0 spiro atoms. The Bertz CT molecular complexity index is 1110. The molecule has 0 saturated carbocycles. The summed E-state index contributed by atoms with van der Waals surface area (Å²) in [7, 11) is 0. The van der Waals surface area contributed by atoms with Gasteiger partial charge in [-0.15, -0.1) is 0 Å². The van der Waals surface area contributed by atoms with E-state index < -0.39 is 11.8 Å². The van der Waals surface area contributed by atoms with Crippen molar-refractivity contribution in [1.82, 2.24) is 4.90 Å². The zero-order chi connectivity index (χ0) is 25.7. The highest BCUT2D eigenvalue weighted by Gasteiger charge is 2.48. The third-order valence-corrected chi connectivity index (χ3v) is 7.42. The summed E-state index contributed by atoms with van der Waals surface area (Å²) >= 11 is 6.53. The van der Waals surface area contributed by atoms with Crippen LogP contribution >= 0.6 is 11.6 Å². The maximum absolute atomic E-state index is 13.7. The number of allylic oxidation sites excluding steroid dienone is 4. The normalized spacial score (nSPS) is 21.7. The third kappa shape index (κ3) is 4.90. The zero-order valence-corrected chi connectivity index (χ0v) is 22.1. The monoisotopic (exact) mass is 498 g/mol. The van der Waals surface area contributed by atoms with Crippen molar-refractivity contribution in [2.24, 2.45) is 16.6 Å². The fourth-order valence-electron chi connectivity index (χ4n) is 5.84. The molecule has 1 aromatic rings. The van der Waals surface area contributed by atoms with Gasteiger partial charge in [0.25, 0.3) is 5.91 Å². The number of nitrogens with zero attached hydrogens (tertiary/aromatic N) is 1. The van der Waals surface area contributed by atoms with Crippen LogP contribution in [0.2, 0.25) is 5.02 Å². The summed E-state index contributed by atoms with van der Waals surface area (Å²) < 4.78 is 5.43. The lowest BCUT2D eigenvalue weighted by molar-refractivity contribution is -0.121. The molecular formula is C28H35ClN2O4. The Kier molecular flexibility index (Phi) is 6.64. The van der Waals surface area contributed by atoms with Crippen LogP contribution in [-0.4, -0.2) is 35.5 Å². The molecule has 0 unspecified atom stereocenters. The first-order chi connectivity index (χ1) is 16.3. The topological polar surface area (TPSA) is 89.7 Å². The molecule has 2 aliphatic carbocycles. The number of rotatable bonds is 6. The largest absolute Gasteiger partial charge is 0.482 e. The Labute approximate surface area is 212 Å². The van der Waals surface area contributed by atoms with E-state index in [2.05, 4.69) is 39.5 Å². The van der Waals surface area contributed by atoms with Gasteiger partial charge in [0.1, 0.15) is 5.75 Å². The lowest BCUT2D eigenvalue weighted by atomic mass is 9.63. The van der Waals surface area contributed by atoms with Gasteiger partial charge in [0, 0.05) is 47.8 Å². The molecule has 1 amide bonds. The van der Waals surface area contributed by atoms with Crippen LogP contribution in [-0.2, 0) is 14.4 Å². The predicted octanol–water partition coefficient (Wildman–Crippen LogP) is 5.30. The minimum Gasteiger partial charge on any atom is -0.482 e. The van der Waals surface area contributed by atoms with Crippen LogP contribution in [0.15, 0.2) is 40.7 Å². The second-order valence-electron chi connectivity index (χ2n) is 11.6. The molecule has 188 valence electrons. The van der Waals surface area contributed by atoms with E-state index in [1.165, 1.54) is 0 Å². The molecular weight excluding hydrogens is 464 g/mol. The third-order valence-electron chi connectivity index (χ3n) is 7.13. The Morgan fingerprint density at radius 2 is 1.57 bits per heavy atom. The molecule has 1 aliphatic heterocycles. The molecule has 0 radical (unpaired) electrons. The highest BCUT2D eigenvalue weighted by atomic mass is 35.5. The predicted molar refractivity (Wildman–Crippen MR) is 136 cm³/mol. The van der Waals surface area contributed by atoms with Crippen molar-refractivity contribution in [3.63, 3.8) is 0 Å².